The van der Waals surface area contributed by atoms with Gasteiger partial charge >= 0.3 is 5.97 Å². The highest BCUT2D eigenvalue weighted by atomic mass is 32.2. The first-order valence-corrected chi connectivity index (χ1v) is 11.1. The number of rotatable bonds is 5. The Labute approximate surface area is 169 Å². The second-order valence-electron chi connectivity index (χ2n) is 7.30. The molecular weight excluding hydrogens is 403 g/mol. The molecule has 0 atom stereocenters. The minimum Gasteiger partial charge on any atom is -0.452 e. The first kappa shape index (κ1) is 21.7. The van der Waals surface area contributed by atoms with Crippen molar-refractivity contribution < 1.29 is 31.9 Å². The van der Waals surface area contributed by atoms with E-state index < -0.39 is 34.0 Å². The lowest BCUT2D eigenvalue weighted by molar-refractivity contribution is -0.135. The summed E-state index contributed by atoms with van der Waals surface area (Å²) in [6.45, 7) is 3.71. The molecule has 29 heavy (non-hydrogen) atoms. The van der Waals surface area contributed by atoms with Crippen LogP contribution in [0.2, 0.25) is 0 Å². The SMILES string of the molecule is CC1CCN(C(=O)COC(=O)c2cc(S(=O)(=O)N3CCOCC3)ccc2F)CC1. The Kier molecular flexibility index (Phi) is 6.86. The summed E-state index contributed by atoms with van der Waals surface area (Å²) < 4.78 is 50.9. The van der Waals surface area contributed by atoms with Gasteiger partial charge in [0.15, 0.2) is 6.61 Å². The molecule has 2 saturated heterocycles. The Morgan fingerprint density at radius 1 is 1.17 bits per heavy atom. The van der Waals surface area contributed by atoms with Gasteiger partial charge in [-0.25, -0.2) is 17.6 Å². The van der Waals surface area contributed by atoms with Gasteiger partial charge in [-0.2, -0.15) is 4.31 Å². The van der Waals surface area contributed by atoms with Gasteiger partial charge < -0.3 is 14.4 Å². The van der Waals surface area contributed by atoms with E-state index in [4.69, 9.17) is 9.47 Å². The fraction of sp³-hybridized carbons (Fsp3) is 0.579. The number of carbonyl (C=O) groups excluding carboxylic acids is 2. The van der Waals surface area contributed by atoms with Crippen LogP contribution in [0.5, 0.6) is 0 Å². The quantitative estimate of drug-likeness (QED) is 0.656. The number of amides is 1. The van der Waals surface area contributed by atoms with Gasteiger partial charge in [-0.05, 0) is 37.0 Å². The van der Waals surface area contributed by atoms with Crippen molar-refractivity contribution in [1.29, 1.82) is 0 Å². The van der Waals surface area contributed by atoms with E-state index in [1.807, 2.05) is 0 Å². The molecule has 2 aliphatic rings. The van der Waals surface area contributed by atoms with Crippen molar-refractivity contribution in [3.63, 3.8) is 0 Å². The average molecular weight is 428 g/mol. The van der Waals surface area contributed by atoms with Crippen LogP contribution in [0.3, 0.4) is 0 Å². The molecule has 0 bridgehead atoms. The van der Waals surface area contributed by atoms with Crippen molar-refractivity contribution in [3.8, 4) is 0 Å². The lowest BCUT2D eigenvalue weighted by Gasteiger charge is -2.30. The maximum atomic E-state index is 14.1. The smallest absolute Gasteiger partial charge is 0.341 e. The summed E-state index contributed by atoms with van der Waals surface area (Å²) in [6, 6.07) is 2.98. The van der Waals surface area contributed by atoms with Crippen LogP contribution >= 0.6 is 0 Å². The number of ether oxygens (including phenoxy) is 2. The molecule has 0 saturated carbocycles. The standard InChI is InChI=1S/C19H25FN2O6S/c1-14-4-6-21(7-5-14)18(23)13-28-19(24)16-12-15(2-3-17(16)20)29(25,26)22-8-10-27-11-9-22/h2-3,12,14H,4-11,13H2,1H3. The number of likely N-dealkylation sites (tertiary alicyclic amines) is 1. The summed E-state index contributed by atoms with van der Waals surface area (Å²) in [5, 5.41) is 0. The Bertz CT molecular complexity index is 861. The minimum absolute atomic E-state index is 0.183. The molecule has 2 aliphatic heterocycles. The number of hydrogen-bond donors (Lipinski definition) is 0. The lowest BCUT2D eigenvalue weighted by Crippen LogP contribution is -2.40. The number of hydrogen-bond acceptors (Lipinski definition) is 6. The third-order valence-corrected chi connectivity index (χ3v) is 7.12. The van der Waals surface area contributed by atoms with Crippen LogP contribution in [0.15, 0.2) is 23.1 Å². The van der Waals surface area contributed by atoms with Crippen LogP contribution < -0.4 is 0 Å². The Morgan fingerprint density at radius 3 is 2.48 bits per heavy atom. The van der Waals surface area contributed by atoms with Crippen molar-refractivity contribution >= 4 is 21.9 Å². The predicted molar refractivity (Wildman–Crippen MR) is 101 cm³/mol. The average Bonchev–Trinajstić information content (AvgIpc) is 2.73. The Hall–Kier alpha value is -2.04. The van der Waals surface area contributed by atoms with Crippen molar-refractivity contribution in [2.24, 2.45) is 5.92 Å². The highest BCUT2D eigenvalue weighted by Crippen LogP contribution is 2.21. The number of piperidine rings is 1. The molecule has 160 valence electrons. The molecule has 1 amide bonds. The number of carbonyl (C=O) groups is 2. The lowest BCUT2D eigenvalue weighted by atomic mass is 9.99. The highest BCUT2D eigenvalue weighted by Gasteiger charge is 2.28. The molecule has 2 fully saturated rings. The van der Waals surface area contributed by atoms with E-state index in [9.17, 15) is 22.4 Å². The monoisotopic (exact) mass is 428 g/mol. The Balaban J connectivity index is 1.67. The summed E-state index contributed by atoms with van der Waals surface area (Å²) in [5.41, 5.74) is -0.514. The summed E-state index contributed by atoms with van der Waals surface area (Å²) >= 11 is 0. The van der Waals surface area contributed by atoms with Crippen molar-refractivity contribution in [1.82, 2.24) is 9.21 Å². The fourth-order valence-electron chi connectivity index (χ4n) is 3.31. The van der Waals surface area contributed by atoms with Crippen LogP contribution in [0.25, 0.3) is 0 Å². The van der Waals surface area contributed by atoms with Gasteiger partial charge in [0, 0.05) is 26.2 Å². The molecule has 0 unspecified atom stereocenters. The summed E-state index contributed by atoms with van der Waals surface area (Å²) in [6.07, 6.45) is 1.77. The number of sulfonamides is 1. The van der Waals surface area contributed by atoms with E-state index in [1.165, 1.54) is 4.31 Å². The van der Waals surface area contributed by atoms with Gasteiger partial charge in [-0.1, -0.05) is 6.92 Å². The maximum Gasteiger partial charge on any atom is 0.341 e. The molecule has 1 aromatic rings. The van der Waals surface area contributed by atoms with Crippen molar-refractivity contribution in [2.45, 2.75) is 24.7 Å². The normalized spacial score (nSPS) is 19.2. The second kappa shape index (κ2) is 9.19. The van der Waals surface area contributed by atoms with Crippen LogP contribution in [-0.2, 0) is 24.3 Å². The number of esters is 1. The van der Waals surface area contributed by atoms with Gasteiger partial charge in [0.25, 0.3) is 5.91 Å². The molecule has 1 aromatic carbocycles. The summed E-state index contributed by atoms with van der Waals surface area (Å²) in [4.78, 5) is 25.9. The number of morpholine rings is 1. The molecule has 0 radical (unpaired) electrons. The van der Waals surface area contributed by atoms with Gasteiger partial charge in [0.2, 0.25) is 10.0 Å². The highest BCUT2D eigenvalue weighted by molar-refractivity contribution is 7.89. The largest absolute Gasteiger partial charge is 0.452 e. The molecular formula is C19H25FN2O6S. The summed E-state index contributed by atoms with van der Waals surface area (Å²) in [5.74, 6) is -1.77. The zero-order chi connectivity index (χ0) is 21.0. The van der Waals surface area contributed by atoms with Crippen LogP contribution in [0.4, 0.5) is 4.39 Å². The van der Waals surface area contributed by atoms with Gasteiger partial charge in [-0.3, -0.25) is 4.79 Å². The Morgan fingerprint density at radius 2 is 1.83 bits per heavy atom. The van der Waals surface area contributed by atoms with Crippen molar-refractivity contribution in [3.05, 3.63) is 29.6 Å². The third kappa shape index (κ3) is 5.12. The molecule has 0 spiro atoms. The zero-order valence-corrected chi connectivity index (χ0v) is 17.1. The van der Waals surface area contributed by atoms with E-state index in [0.29, 0.717) is 19.0 Å². The first-order chi connectivity index (χ1) is 13.8. The van der Waals surface area contributed by atoms with E-state index >= 15 is 0 Å². The maximum absolute atomic E-state index is 14.1. The van der Waals surface area contributed by atoms with E-state index in [-0.39, 0.29) is 37.1 Å². The molecule has 0 N–H and O–H groups in total. The predicted octanol–water partition coefficient (Wildman–Crippen LogP) is 1.26. The molecule has 0 aliphatic carbocycles. The van der Waals surface area contributed by atoms with Crippen LogP contribution in [0, 0.1) is 11.7 Å². The number of benzene rings is 1. The zero-order valence-electron chi connectivity index (χ0n) is 16.3. The molecule has 3 rings (SSSR count). The van der Waals surface area contributed by atoms with Crippen LogP contribution in [-0.4, -0.2) is 75.5 Å². The minimum atomic E-state index is -3.88. The molecule has 10 heteroatoms. The van der Waals surface area contributed by atoms with E-state index in [1.54, 1.807) is 4.90 Å². The fourth-order valence-corrected chi connectivity index (χ4v) is 4.75. The topological polar surface area (TPSA) is 93.2 Å². The van der Waals surface area contributed by atoms with Crippen molar-refractivity contribution in [2.75, 3.05) is 46.0 Å². The third-order valence-electron chi connectivity index (χ3n) is 5.23. The summed E-state index contributed by atoms with van der Waals surface area (Å²) in [7, 11) is -3.88. The molecule has 8 nitrogen and oxygen atoms in total. The second-order valence-corrected chi connectivity index (χ2v) is 9.24. The van der Waals surface area contributed by atoms with E-state index in [0.717, 1.165) is 31.0 Å². The molecule has 0 aromatic heterocycles. The number of halogens is 1. The number of nitrogens with zero attached hydrogens (tertiary/aromatic N) is 2. The van der Waals surface area contributed by atoms with Gasteiger partial charge in [0.1, 0.15) is 5.82 Å². The van der Waals surface area contributed by atoms with Crippen LogP contribution in [0.1, 0.15) is 30.1 Å². The molecule has 2 heterocycles. The van der Waals surface area contributed by atoms with Gasteiger partial charge in [-0.15, -0.1) is 0 Å². The van der Waals surface area contributed by atoms with E-state index in [2.05, 4.69) is 6.92 Å². The first-order valence-electron chi connectivity index (χ1n) is 9.61. The van der Waals surface area contributed by atoms with Gasteiger partial charge in [0.05, 0.1) is 23.7 Å².